The highest BCUT2D eigenvalue weighted by atomic mass is 79.9. The van der Waals surface area contributed by atoms with E-state index in [0.29, 0.717) is 5.92 Å². The van der Waals surface area contributed by atoms with Gasteiger partial charge in [-0.3, -0.25) is 9.78 Å². The largest absolute Gasteiger partial charge is 0.289 e. The molecule has 1 aromatic rings. The summed E-state index contributed by atoms with van der Waals surface area (Å²) in [6, 6.07) is 1.92. The summed E-state index contributed by atoms with van der Waals surface area (Å²) in [5, 5.41) is 0. The lowest BCUT2D eigenvalue weighted by Gasteiger charge is -2.08. The molecule has 1 aliphatic rings. The van der Waals surface area contributed by atoms with Crippen molar-refractivity contribution >= 4 is 27.8 Å². The van der Waals surface area contributed by atoms with E-state index in [1.165, 1.54) is 0 Å². The number of allylic oxidation sites excluding steroid dienone is 5. The van der Waals surface area contributed by atoms with Gasteiger partial charge in [-0.2, -0.15) is 0 Å². The average Bonchev–Trinajstić information content (AvgIpc) is 2.37. The summed E-state index contributed by atoms with van der Waals surface area (Å²) in [5.74, 6) is 0.568. The van der Waals surface area contributed by atoms with Crippen LogP contribution in [0.1, 0.15) is 18.9 Å². The van der Waals surface area contributed by atoms with Crippen molar-refractivity contribution in [3.05, 3.63) is 58.4 Å². The Morgan fingerprint density at radius 3 is 3.00 bits per heavy atom. The minimum atomic E-state index is 0.0399. The summed E-state index contributed by atoms with van der Waals surface area (Å²) >= 11 is 3.35. The first kappa shape index (κ1) is 13.0. The molecule has 0 aromatic carbocycles. The lowest BCUT2D eigenvalue weighted by molar-refractivity contribution is -0.111. The molecule has 0 amide bonds. The Labute approximate surface area is 115 Å². The van der Waals surface area contributed by atoms with E-state index in [1.54, 1.807) is 24.5 Å². The standard InChI is InChI=1S/C15H14BrNO/c1-11-2-5-13(6-3-11)15(18)7-4-12-8-14(16)10-17-9-12/h2,4-11H,3H2,1H3/b7-4+. The number of nitrogens with zero attached hydrogens (tertiary/aromatic N) is 1. The van der Waals surface area contributed by atoms with Crippen molar-refractivity contribution in [2.75, 3.05) is 0 Å². The summed E-state index contributed by atoms with van der Waals surface area (Å²) in [7, 11) is 0. The van der Waals surface area contributed by atoms with Gasteiger partial charge in [-0.15, -0.1) is 0 Å². The first-order valence-corrected chi connectivity index (χ1v) is 6.66. The molecule has 0 saturated heterocycles. The molecule has 92 valence electrons. The van der Waals surface area contributed by atoms with Crippen molar-refractivity contribution in [2.24, 2.45) is 5.92 Å². The van der Waals surface area contributed by atoms with Crippen LogP contribution in [-0.2, 0) is 4.79 Å². The Hall–Kier alpha value is -1.48. The second-order valence-corrected chi connectivity index (χ2v) is 5.28. The number of carbonyl (C=O) groups excluding carboxylic acids is 1. The van der Waals surface area contributed by atoms with Gasteiger partial charge in [-0.05, 0) is 52.1 Å². The fraction of sp³-hybridized carbons (Fsp3) is 0.200. The van der Waals surface area contributed by atoms with Gasteiger partial charge < -0.3 is 0 Å². The van der Waals surface area contributed by atoms with E-state index in [9.17, 15) is 4.79 Å². The molecular formula is C15H14BrNO. The highest BCUT2D eigenvalue weighted by Crippen LogP contribution is 2.17. The molecule has 0 bridgehead atoms. The van der Waals surface area contributed by atoms with E-state index >= 15 is 0 Å². The molecule has 3 heteroatoms. The fourth-order valence-corrected chi connectivity index (χ4v) is 2.08. The Bertz CT molecular complexity index is 543. The van der Waals surface area contributed by atoms with Crippen molar-refractivity contribution in [3.8, 4) is 0 Å². The Kier molecular flexibility index (Phi) is 4.26. The number of hydrogen-bond donors (Lipinski definition) is 0. The molecule has 2 nitrogen and oxygen atoms in total. The lowest BCUT2D eigenvalue weighted by Crippen LogP contribution is -2.02. The number of ketones is 1. The van der Waals surface area contributed by atoms with Gasteiger partial charge in [0.05, 0.1) is 0 Å². The third-order valence-corrected chi connectivity index (χ3v) is 3.19. The molecule has 0 aliphatic heterocycles. The number of hydrogen-bond acceptors (Lipinski definition) is 2. The minimum Gasteiger partial charge on any atom is -0.289 e. The molecule has 2 rings (SSSR count). The highest BCUT2D eigenvalue weighted by Gasteiger charge is 2.08. The molecule has 0 N–H and O–H groups in total. The summed E-state index contributed by atoms with van der Waals surface area (Å²) in [4.78, 5) is 16.0. The highest BCUT2D eigenvalue weighted by molar-refractivity contribution is 9.10. The van der Waals surface area contributed by atoms with Crippen molar-refractivity contribution in [3.63, 3.8) is 0 Å². The summed E-state index contributed by atoms with van der Waals surface area (Å²) in [6.45, 7) is 2.14. The molecule has 18 heavy (non-hydrogen) atoms. The van der Waals surface area contributed by atoms with Gasteiger partial charge in [0.2, 0.25) is 0 Å². The zero-order chi connectivity index (χ0) is 13.0. The van der Waals surface area contributed by atoms with Crippen molar-refractivity contribution in [1.29, 1.82) is 0 Å². The Morgan fingerprint density at radius 1 is 1.50 bits per heavy atom. The maximum Gasteiger partial charge on any atom is 0.185 e. The number of halogens is 1. The minimum absolute atomic E-state index is 0.0399. The summed E-state index contributed by atoms with van der Waals surface area (Å²) < 4.78 is 0.905. The maximum atomic E-state index is 11.9. The molecule has 1 heterocycles. The van der Waals surface area contributed by atoms with Gasteiger partial charge in [0, 0.05) is 22.4 Å². The van der Waals surface area contributed by atoms with Crippen LogP contribution in [0.2, 0.25) is 0 Å². The van der Waals surface area contributed by atoms with E-state index < -0.39 is 0 Å². The predicted molar refractivity (Wildman–Crippen MR) is 77.0 cm³/mol. The van der Waals surface area contributed by atoms with E-state index in [-0.39, 0.29) is 5.78 Å². The SMILES string of the molecule is CC1C=CC(C(=O)/C=C/c2cncc(Br)c2)=CC1. The lowest BCUT2D eigenvalue weighted by atomic mass is 9.96. The van der Waals surface area contributed by atoms with Crippen LogP contribution in [-0.4, -0.2) is 10.8 Å². The van der Waals surface area contributed by atoms with E-state index in [2.05, 4.69) is 33.9 Å². The molecule has 1 aliphatic carbocycles. The quantitative estimate of drug-likeness (QED) is 0.791. The van der Waals surface area contributed by atoms with Crippen LogP contribution in [0, 0.1) is 5.92 Å². The van der Waals surface area contributed by atoms with Crippen molar-refractivity contribution in [1.82, 2.24) is 4.98 Å². The molecule has 0 fully saturated rings. The Morgan fingerprint density at radius 2 is 2.33 bits per heavy atom. The van der Waals surface area contributed by atoms with Crippen molar-refractivity contribution in [2.45, 2.75) is 13.3 Å². The zero-order valence-corrected chi connectivity index (χ0v) is 11.7. The number of pyridine rings is 1. The maximum absolute atomic E-state index is 11.9. The van der Waals surface area contributed by atoms with Crippen LogP contribution in [0.15, 0.2) is 52.8 Å². The smallest absolute Gasteiger partial charge is 0.185 e. The molecular weight excluding hydrogens is 290 g/mol. The van der Waals surface area contributed by atoms with Crippen LogP contribution >= 0.6 is 15.9 Å². The van der Waals surface area contributed by atoms with Gasteiger partial charge >= 0.3 is 0 Å². The van der Waals surface area contributed by atoms with Crippen LogP contribution < -0.4 is 0 Å². The van der Waals surface area contributed by atoms with Crippen LogP contribution in [0.4, 0.5) is 0 Å². The second kappa shape index (κ2) is 5.91. The van der Waals surface area contributed by atoms with E-state index in [4.69, 9.17) is 0 Å². The molecule has 1 unspecified atom stereocenters. The normalized spacial score (nSPS) is 19.0. The first-order valence-electron chi connectivity index (χ1n) is 5.86. The summed E-state index contributed by atoms with van der Waals surface area (Å²) in [5.41, 5.74) is 1.68. The first-order chi connectivity index (χ1) is 8.65. The fourth-order valence-electron chi connectivity index (χ4n) is 1.70. The van der Waals surface area contributed by atoms with Crippen LogP contribution in [0.3, 0.4) is 0 Å². The number of rotatable bonds is 3. The van der Waals surface area contributed by atoms with Gasteiger partial charge in [-0.1, -0.05) is 25.2 Å². The monoisotopic (exact) mass is 303 g/mol. The number of aromatic nitrogens is 1. The van der Waals surface area contributed by atoms with Crippen LogP contribution in [0.5, 0.6) is 0 Å². The molecule has 1 atom stereocenters. The average molecular weight is 304 g/mol. The molecule has 0 spiro atoms. The van der Waals surface area contributed by atoms with E-state index in [0.717, 1.165) is 22.0 Å². The molecule has 0 saturated carbocycles. The zero-order valence-electron chi connectivity index (χ0n) is 10.1. The van der Waals surface area contributed by atoms with E-state index in [1.807, 2.05) is 18.2 Å². The second-order valence-electron chi connectivity index (χ2n) is 4.37. The molecule has 0 radical (unpaired) electrons. The Balaban J connectivity index is 2.06. The third-order valence-electron chi connectivity index (χ3n) is 2.75. The van der Waals surface area contributed by atoms with Gasteiger partial charge in [0.1, 0.15) is 0 Å². The number of carbonyl (C=O) groups is 1. The third kappa shape index (κ3) is 3.50. The predicted octanol–water partition coefficient (Wildman–Crippen LogP) is 3.95. The summed E-state index contributed by atoms with van der Waals surface area (Å²) in [6.07, 6.45) is 13.7. The van der Waals surface area contributed by atoms with Crippen LogP contribution in [0.25, 0.3) is 6.08 Å². The topological polar surface area (TPSA) is 30.0 Å². The van der Waals surface area contributed by atoms with Crippen molar-refractivity contribution < 1.29 is 4.79 Å². The van der Waals surface area contributed by atoms with Gasteiger partial charge in [0.15, 0.2) is 5.78 Å². The van der Waals surface area contributed by atoms with Gasteiger partial charge in [-0.25, -0.2) is 0 Å². The van der Waals surface area contributed by atoms with Gasteiger partial charge in [0.25, 0.3) is 0 Å². The molecule has 1 aromatic heterocycles.